The molecule has 9 heteroatoms. The van der Waals surface area contributed by atoms with Gasteiger partial charge < -0.3 is 20.4 Å². The van der Waals surface area contributed by atoms with Crippen molar-refractivity contribution in [3.63, 3.8) is 0 Å². The third-order valence-corrected chi connectivity index (χ3v) is 5.72. The Bertz CT molecular complexity index is 1020. The molecule has 2 aromatic heterocycles. The van der Waals surface area contributed by atoms with Crippen LogP contribution in [0.4, 0.5) is 17.3 Å². The minimum absolute atomic E-state index is 0.443. The summed E-state index contributed by atoms with van der Waals surface area (Å²) in [5.41, 5.74) is 3.74. The zero-order chi connectivity index (χ0) is 23.6. The summed E-state index contributed by atoms with van der Waals surface area (Å²) in [5.74, 6) is 1.47. The first-order valence-corrected chi connectivity index (χ1v) is 11.4. The van der Waals surface area contributed by atoms with E-state index >= 15 is 0 Å². The molecule has 0 bridgehead atoms. The number of fused-ring (bicyclic) bond motifs is 1. The molecule has 0 aromatic carbocycles. The number of nitrogens with one attached hydrogen (secondary N) is 2. The van der Waals surface area contributed by atoms with Crippen molar-refractivity contribution in [2.24, 2.45) is 0 Å². The van der Waals surface area contributed by atoms with Crippen LogP contribution in [0, 0.1) is 11.3 Å². The van der Waals surface area contributed by atoms with Gasteiger partial charge in [0, 0.05) is 45.0 Å². The first kappa shape index (κ1) is 24.1. The first-order chi connectivity index (χ1) is 16.1. The Morgan fingerprint density at radius 3 is 2.85 bits per heavy atom. The number of nitrogens with zero attached hydrogens (tertiary/aromatic N) is 5. The van der Waals surface area contributed by atoms with Crippen LogP contribution in [-0.2, 0) is 17.6 Å². The van der Waals surface area contributed by atoms with Crippen molar-refractivity contribution in [2.45, 2.75) is 32.6 Å². The Hall–Kier alpha value is -3.51. The van der Waals surface area contributed by atoms with Gasteiger partial charge in [0.05, 0.1) is 11.3 Å². The number of nitriles is 1. The lowest BCUT2D eigenvalue weighted by Gasteiger charge is -2.30. The molecule has 0 atom stereocenters. The number of carbonyl (C=O) groups is 2. The molecule has 0 fully saturated rings. The quantitative estimate of drug-likeness (QED) is 0.375. The molecule has 0 aliphatic carbocycles. The fraction of sp³-hybridized carbons (Fsp3) is 0.458. The van der Waals surface area contributed by atoms with Crippen LogP contribution in [0.5, 0.6) is 0 Å². The molecule has 0 spiro atoms. The molecule has 1 amide bonds. The highest BCUT2D eigenvalue weighted by atomic mass is 16.1. The number of aldehydes is 1. The van der Waals surface area contributed by atoms with Crippen LogP contribution in [0.2, 0.25) is 0 Å². The number of aryl methyl sites for hydroxylation is 1. The average Bonchev–Trinajstić information content (AvgIpc) is 2.85. The van der Waals surface area contributed by atoms with Gasteiger partial charge in [0.25, 0.3) is 0 Å². The van der Waals surface area contributed by atoms with Crippen LogP contribution in [-0.4, -0.2) is 67.3 Å². The fourth-order valence-corrected chi connectivity index (χ4v) is 3.91. The molecule has 0 unspecified atom stereocenters. The number of aromatic nitrogens is 2. The summed E-state index contributed by atoms with van der Waals surface area (Å²) < 4.78 is 0. The van der Waals surface area contributed by atoms with Gasteiger partial charge in [-0.25, -0.2) is 9.97 Å². The van der Waals surface area contributed by atoms with Gasteiger partial charge in [-0.1, -0.05) is 6.92 Å². The Labute approximate surface area is 194 Å². The molecule has 2 aromatic rings. The molecule has 9 nitrogen and oxygen atoms in total. The summed E-state index contributed by atoms with van der Waals surface area (Å²) in [7, 11) is 1.99. The van der Waals surface area contributed by atoms with Gasteiger partial charge in [-0.3, -0.25) is 9.59 Å². The number of likely N-dealkylation sites (N-methyl/N-ethyl adjacent to an activating group) is 1. The van der Waals surface area contributed by atoms with Crippen molar-refractivity contribution in [3.8, 4) is 6.07 Å². The summed E-state index contributed by atoms with van der Waals surface area (Å²) in [5, 5.41) is 15.4. The van der Waals surface area contributed by atoms with Crippen molar-refractivity contribution in [1.82, 2.24) is 20.2 Å². The Balaban J connectivity index is 1.84. The normalized spacial score (nSPS) is 12.7. The Morgan fingerprint density at radius 1 is 1.27 bits per heavy atom. The molecule has 2 N–H and O–H groups in total. The van der Waals surface area contributed by atoms with Crippen molar-refractivity contribution >= 4 is 30.0 Å². The third kappa shape index (κ3) is 6.05. The van der Waals surface area contributed by atoms with Crippen molar-refractivity contribution in [2.75, 3.05) is 50.0 Å². The van der Waals surface area contributed by atoms with Crippen LogP contribution in [0.25, 0.3) is 0 Å². The lowest BCUT2D eigenvalue weighted by Crippen LogP contribution is -2.30. The number of amides is 1. The molecule has 0 radical (unpaired) electrons. The Morgan fingerprint density at radius 2 is 2.12 bits per heavy atom. The van der Waals surface area contributed by atoms with E-state index < -0.39 is 0 Å². The standard InChI is InChI=1S/C24H31N7O2/c1-3-7-27-21-13-23(28-15-20(21)14-25)31-9-4-5-19-12-18(22(16-32)29-24(19)31)6-10-30(2)11-8-26-17-33/h12-13,15-17H,3-11H2,1-2H3,(H,26,33)(H,27,28). The first-order valence-electron chi connectivity index (χ1n) is 11.4. The van der Waals surface area contributed by atoms with Crippen molar-refractivity contribution in [1.29, 1.82) is 5.26 Å². The smallest absolute Gasteiger partial charge is 0.207 e. The van der Waals surface area contributed by atoms with E-state index in [0.717, 1.165) is 74.4 Å². The molecule has 3 rings (SSSR count). The largest absolute Gasteiger partial charge is 0.384 e. The third-order valence-electron chi connectivity index (χ3n) is 5.72. The van der Waals surface area contributed by atoms with Gasteiger partial charge in [-0.2, -0.15) is 5.26 Å². The predicted molar refractivity (Wildman–Crippen MR) is 128 cm³/mol. The number of hydrogen-bond donors (Lipinski definition) is 2. The molecule has 174 valence electrons. The minimum atomic E-state index is 0.443. The molecule has 1 aliphatic heterocycles. The molecule has 33 heavy (non-hydrogen) atoms. The van der Waals surface area contributed by atoms with Gasteiger partial charge in [0.2, 0.25) is 6.41 Å². The van der Waals surface area contributed by atoms with E-state index in [0.29, 0.717) is 36.5 Å². The fourth-order valence-electron chi connectivity index (χ4n) is 3.91. The maximum absolute atomic E-state index is 11.9. The average molecular weight is 450 g/mol. The van der Waals surface area contributed by atoms with Gasteiger partial charge >= 0.3 is 0 Å². The van der Waals surface area contributed by atoms with E-state index in [1.54, 1.807) is 6.20 Å². The van der Waals surface area contributed by atoms with Crippen LogP contribution >= 0.6 is 0 Å². The molecule has 0 saturated carbocycles. The monoisotopic (exact) mass is 449 g/mol. The highest BCUT2D eigenvalue weighted by molar-refractivity contribution is 5.77. The van der Waals surface area contributed by atoms with E-state index in [-0.39, 0.29) is 0 Å². The second-order valence-electron chi connectivity index (χ2n) is 8.14. The summed E-state index contributed by atoms with van der Waals surface area (Å²) in [4.78, 5) is 35.7. The Kier molecular flexibility index (Phi) is 8.72. The molecule has 1 aliphatic rings. The zero-order valence-corrected chi connectivity index (χ0v) is 19.3. The van der Waals surface area contributed by atoms with Crippen LogP contribution in [0.3, 0.4) is 0 Å². The number of carbonyl (C=O) groups excluding carboxylic acids is 2. The van der Waals surface area contributed by atoms with Crippen LogP contribution < -0.4 is 15.5 Å². The molecular formula is C24H31N7O2. The van der Waals surface area contributed by atoms with Crippen LogP contribution in [0.15, 0.2) is 18.3 Å². The van der Waals surface area contributed by atoms with Crippen molar-refractivity contribution < 1.29 is 9.59 Å². The molecule has 0 saturated heterocycles. The molecule has 3 heterocycles. The summed E-state index contributed by atoms with van der Waals surface area (Å²) in [6.07, 6.45) is 6.59. The van der Waals surface area contributed by atoms with Gasteiger partial charge in [-0.15, -0.1) is 0 Å². The lowest BCUT2D eigenvalue weighted by atomic mass is 10.00. The number of rotatable bonds is 12. The maximum Gasteiger partial charge on any atom is 0.207 e. The highest BCUT2D eigenvalue weighted by Crippen LogP contribution is 2.33. The van der Waals surface area contributed by atoms with Crippen molar-refractivity contribution in [3.05, 3.63) is 40.7 Å². The number of anilines is 3. The van der Waals surface area contributed by atoms with E-state index in [9.17, 15) is 14.9 Å². The predicted octanol–water partition coefficient (Wildman–Crippen LogP) is 2.29. The van der Waals surface area contributed by atoms with Crippen LogP contribution in [0.1, 0.15) is 46.9 Å². The second kappa shape index (κ2) is 11.9. The summed E-state index contributed by atoms with van der Waals surface area (Å²) in [6, 6.07) is 6.17. The second-order valence-corrected chi connectivity index (χ2v) is 8.14. The summed E-state index contributed by atoms with van der Waals surface area (Å²) in [6.45, 7) is 5.67. The summed E-state index contributed by atoms with van der Waals surface area (Å²) >= 11 is 0. The minimum Gasteiger partial charge on any atom is -0.384 e. The topological polar surface area (TPSA) is 114 Å². The van der Waals surface area contributed by atoms with Gasteiger partial charge in [0.15, 0.2) is 6.29 Å². The number of hydrogen-bond acceptors (Lipinski definition) is 8. The van der Waals surface area contributed by atoms with E-state index in [4.69, 9.17) is 4.98 Å². The maximum atomic E-state index is 11.9. The van der Waals surface area contributed by atoms with E-state index in [1.807, 2.05) is 18.0 Å². The zero-order valence-electron chi connectivity index (χ0n) is 19.3. The highest BCUT2D eigenvalue weighted by Gasteiger charge is 2.24. The SMILES string of the molecule is CCCNc1cc(N2CCCc3cc(CCN(C)CCNC=O)c(C=O)nc32)ncc1C#N. The van der Waals surface area contributed by atoms with Gasteiger partial charge in [-0.05, 0) is 49.9 Å². The lowest BCUT2D eigenvalue weighted by molar-refractivity contribution is -0.109. The van der Waals surface area contributed by atoms with E-state index in [2.05, 4.69) is 39.6 Å². The number of pyridine rings is 2. The van der Waals surface area contributed by atoms with E-state index in [1.165, 1.54) is 0 Å². The molecular weight excluding hydrogens is 418 g/mol. The van der Waals surface area contributed by atoms with Gasteiger partial charge in [0.1, 0.15) is 23.4 Å².